The number of fused-ring (bicyclic) bond motifs is 3. The molecular formula is C28H42O2. The molecule has 3 unspecified atom stereocenters. The first-order valence-corrected chi connectivity index (χ1v) is 12.5. The van der Waals surface area contributed by atoms with E-state index in [1.54, 1.807) is 0 Å². The molecule has 3 aliphatic rings. The van der Waals surface area contributed by atoms with E-state index in [0.717, 1.165) is 48.8 Å². The van der Waals surface area contributed by atoms with Gasteiger partial charge in [0, 0.05) is 16.9 Å². The van der Waals surface area contributed by atoms with Gasteiger partial charge in [0.25, 0.3) is 0 Å². The Balaban J connectivity index is 1.68. The Morgan fingerprint density at radius 1 is 1.20 bits per heavy atom. The van der Waals surface area contributed by atoms with E-state index in [1.165, 1.54) is 49.7 Å². The fraction of sp³-hybridized carbons (Fsp3) is 0.714. The number of hydrogen-bond donors (Lipinski definition) is 1. The molecule has 0 aromatic heterocycles. The van der Waals surface area contributed by atoms with E-state index >= 15 is 0 Å². The molecule has 0 radical (unpaired) electrons. The lowest BCUT2D eigenvalue weighted by molar-refractivity contribution is -0.0837. The van der Waals surface area contributed by atoms with Gasteiger partial charge in [-0.15, -0.1) is 0 Å². The molecule has 30 heavy (non-hydrogen) atoms. The van der Waals surface area contributed by atoms with Crippen molar-refractivity contribution in [2.24, 2.45) is 17.3 Å². The molecule has 0 spiro atoms. The van der Waals surface area contributed by atoms with Crippen molar-refractivity contribution in [3.05, 3.63) is 34.9 Å². The highest BCUT2D eigenvalue weighted by atomic mass is 16.5. The van der Waals surface area contributed by atoms with E-state index in [1.807, 2.05) is 6.07 Å². The number of allylic oxidation sites excluding steroid dienone is 2. The topological polar surface area (TPSA) is 29.5 Å². The van der Waals surface area contributed by atoms with Gasteiger partial charge in [0.1, 0.15) is 17.1 Å². The van der Waals surface area contributed by atoms with Crippen molar-refractivity contribution in [2.75, 3.05) is 0 Å². The maximum Gasteiger partial charge on any atom is 0.127 e. The standard InChI is InChI=1S/C28H42O2/c1-6-7-8-9-21-17-24(29)26-23-16-19(2)12-14-27(23,4)28(5,30-25(26)18-21)15-13-20(3)22-10-11-22/h12,17-18,20,22-23,29H,6-11,13-16H2,1-5H3/t20?,23?,27-,28?/m1/s1. The third-order valence-electron chi connectivity index (χ3n) is 8.81. The number of benzene rings is 1. The van der Waals surface area contributed by atoms with Crippen LogP contribution in [0.1, 0.15) is 109 Å². The number of ether oxygens (including phenoxy) is 1. The monoisotopic (exact) mass is 410 g/mol. The Kier molecular flexibility index (Phi) is 5.99. The first kappa shape index (κ1) is 21.8. The van der Waals surface area contributed by atoms with Crippen LogP contribution in [0.5, 0.6) is 11.5 Å². The Morgan fingerprint density at radius 2 is 1.97 bits per heavy atom. The van der Waals surface area contributed by atoms with Crippen molar-refractivity contribution < 1.29 is 9.84 Å². The van der Waals surface area contributed by atoms with E-state index < -0.39 is 0 Å². The highest BCUT2D eigenvalue weighted by molar-refractivity contribution is 5.53. The summed E-state index contributed by atoms with van der Waals surface area (Å²) in [7, 11) is 0. The minimum atomic E-state index is -0.195. The van der Waals surface area contributed by atoms with Gasteiger partial charge in [-0.25, -0.2) is 0 Å². The molecule has 4 atom stereocenters. The van der Waals surface area contributed by atoms with Crippen molar-refractivity contribution in [2.45, 2.75) is 110 Å². The van der Waals surface area contributed by atoms with Crippen molar-refractivity contribution in [1.29, 1.82) is 0 Å². The molecule has 1 N–H and O–H groups in total. The Labute approximate surface area is 184 Å². The SMILES string of the molecule is CCCCCc1cc(O)c2c(c1)OC(C)(CCC(C)C1CC1)[C@]1(C)CC=C(C)CC21. The normalized spacial score (nSPS) is 31.4. The summed E-state index contributed by atoms with van der Waals surface area (Å²) < 4.78 is 6.92. The molecule has 2 heteroatoms. The fourth-order valence-corrected chi connectivity index (χ4v) is 6.09. The van der Waals surface area contributed by atoms with Crippen LogP contribution >= 0.6 is 0 Å². The Morgan fingerprint density at radius 3 is 2.67 bits per heavy atom. The number of unbranched alkanes of at least 4 members (excludes halogenated alkanes) is 2. The van der Waals surface area contributed by atoms with Crippen molar-refractivity contribution in [1.82, 2.24) is 0 Å². The average molecular weight is 411 g/mol. The molecule has 166 valence electrons. The number of phenols is 1. The Bertz CT molecular complexity index is 805. The lowest BCUT2D eigenvalue weighted by atomic mass is 9.55. The van der Waals surface area contributed by atoms with Crippen LogP contribution in [0, 0.1) is 17.3 Å². The first-order chi connectivity index (χ1) is 14.3. The molecule has 0 saturated heterocycles. The lowest BCUT2D eigenvalue weighted by Gasteiger charge is -2.56. The molecule has 1 heterocycles. The second kappa shape index (κ2) is 8.24. The number of aromatic hydroxyl groups is 1. The smallest absolute Gasteiger partial charge is 0.127 e. The van der Waals surface area contributed by atoms with Crippen LogP contribution in [0.3, 0.4) is 0 Å². The second-order valence-corrected chi connectivity index (χ2v) is 11.1. The summed E-state index contributed by atoms with van der Waals surface area (Å²) in [6.45, 7) is 11.7. The van der Waals surface area contributed by atoms with Gasteiger partial charge in [0.2, 0.25) is 0 Å². The van der Waals surface area contributed by atoms with Crippen LogP contribution in [-0.2, 0) is 6.42 Å². The van der Waals surface area contributed by atoms with Gasteiger partial charge in [-0.2, -0.15) is 0 Å². The lowest BCUT2D eigenvalue weighted by Crippen LogP contribution is -2.55. The van der Waals surface area contributed by atoms with Gasteiger partial charge in [0.05, 0.1) is 0 Å². The number of hydrogen-bond acceptors (Lipinski definition) is 2. The molecular weight excluding hydrogens is 368 g/mol. The summed E-state index contributed by atoms with van der Waals surface area (Å²) in [4.78, 5) is 0. The molecule has 1 fully saturated rings. The van der Waals surface area contributed by atoms with E-state index in [-0.39, 0.29) is 11.0 Å². The van der Waals surface area contributed by atoms with Crippen molar-refractivity contribution in [3.63, 3.8) is 0 Å². The highest BCUT2D eigenvalue weighted by Crippen LogP contribution is 2.62. The molecule has 2 aliphatic carbocycles. The first-order valence-electron chi connectivity index (χ1n) is 12.5. The van der Waals surface area contributed by atoms with Crippen LogP contribution in [-0.4, -0.2) is 10.7 Å². The minimum Gasteiger partial charge on any atom is -0.508 e. The maximum absolute atomic E-state index is 11.1. The van der Waals surface area contributed by atoms with E-state index in [0.29, 0.717) is 11.7 Å². The molecule has 1 saturated carbocycles. The quantitative estimate of drug-likeness (QED) is 0.348. The summed E-state index contributed by atoms with van der Waals surface area (Å²) in [6, 6.07) is 4.27. The third-order valence-corrected chi connectivity index (χ3v) is 8.81. The molecule has 1 aromatic rings. The van der Waals surface area contributed by atoms with Gasteiger partial charge >= 0.3 is 0 Å². The predicted octanol–water partition coefficient (Wildman–Crippen LogP) is 7.93. The highest BCUT2D eigenvalue weighted by Gasteiger charge is 2.56. The molecule has 0 bridgehead atoms. The number of aryl methyl sites for hydroxylation is 1. The van der Waals surface area contributed by atoms with Crippen LogP contribution in [0.4, 0.5) is 0 Å². The fourth-order valence-electron chi connectivity index (χ4n) is 6.09. The van der Waals surface area contributed by atoms with Gasteiger partial charge in [-0.3, -0.25) is 0 Å². The molecule has 2 nitrogen and oxygen atoms in total. The molecule has 1 aromatic carbocycles. The van der Waals surface area contributed by atoms with Crippen LogP contribution in [0.2, 0.25) is 0 Å². The van der Waals surface area contributed by atoms with E-state index in [9.17, 15) is 5.11 Å². The summed E-state index contributed by atoms with van der Waals surface area (Å²) in [6.07, 6.45) is 14.3. The van der Waals surface area contributed by atoms with E-state index in [2.05, 4.69) is 46.8 Å². The zero-order valence-electron chi connectivity index (χ0n) is 19.9. The van der Waals surface area contributed by atoms with Crippen molar-refractivity contribution in [3.8, 4) is 11.5 Å². The largest absolute Gasteiger partial charge is 0.508 e. The number of rotatable bonds is 8. The zero-order chi connectivity index (χ0) is 21.5. The van der Waals surface area contributed by atoms with Crippen LogP contribution < -0.4 is 4.74 Å². The summed E-state index contributed by atoms with van der Waals surface area (Å²) >= 11 is 0. The molecule has 0 amide bonds. The van der Waals surface area contributed by atoms with Crippen LogP contribution in [0.25, 0.3) is 0 Å². The summed E-state index contributed by atoms with van der Waals surface area (Å²) in [5, 5.41) is 11.1. The maximum atomic E-state index is 11.1. The minimum absolute atomic E-state index is 0.0178. The second-order valence-electron chi connectivity index (χ2n) is 11.1. The summed E-state index contributed by atoms with van der Waals surface area (Å²) in [5.74, 6) is 3.48. The van der Waals surface area contributed by atoms with Gasteiger partial charge in [0.15, 0.2) is 0 Å². The average Bonchev–Trinajstić information content (AvgIpc) is 3.53. The van der Waals surface area contributed by atoms with Gasteiger partial charge in [-0.1, -0.05) is 45.3 Å². The van der Waals surface area contributed by atoms with Gasteiger partial charge < -0.3 is 9.84 Å². The molecule has 4 rings (SSSR count). The van der Waals surface area contributed by atoms with Crippen molar-refractivity contribution >= 4 is 0 Å². The van der Waals surface area contributed by atoms with Crippen LogP contribution in [0.15, 0.2) is 23.8 Å². The summed E-state index contributed by atoms with van der Waals surface area (Å²) in [5.41, 5.74) is 3.56. The van der Waals surface area contributed by atoms with Gasteiger partial charge in [-0.05, 0) is 94.7 Å². The Hall–Kier alpha value is -1.44. The number of phenolic OH excluding ortho intramolecular Hbond substituents is 1. The predicted molar refractivity (Wildman–Crippen MR) is 125 cm³/mol. The molecule has 1 aliphatic heterocycles. The van der Waals surface area contributed by atoms with E-state index in [4.69, 9.17) is 4.74 Å². The third kappa shape index (κ3) is 3.92. The zero-order valence-corrected chi connectivity index (χ0v) is 19.9.